The Morgan fingerprint density at radius 3 is 2.77 bits per heavy atom. The van der Waals surface area contributed by atoms with Crippen molar-refractivity contribution in [1.82, 2.24) is 14.9 Å². The van der Waals surface area contributed by atoms with Gasteiger partial charge in [-0.1, -0.05) is 23.9 Å². The number of benzene rings is 1. The molecule has 0 radical (unpaired) electrons. The lowest BCUT2D eigenvalue weighted by Gasteiger charge is -2.23. The number of para-hydroxylation sites is 1. The molecule has 1 aromatic heterocycles. The first-order valence-corrected chi connectivity index (χ1v) is 9.70. The second-order valence-corrected chi connectivity index (χ2v) is 8.05. The number of aromatic nitrogens is 2. The van der Waals surface area contributed by atoms with E-state index in [0.717, 1.165) is 12.8 Å². The number of amides is 1. The van der Waals surface area contributed by atoms with Gasteiger partial charge in [0.2, 0.25) is 5.91 Å². The van der Waals surface area contributed by atoms with Gasteiger partial charge in [0.15, 0.2) is 5.16 Å². The Balaban J connectivity index is 1.82. The van der Waals surface area contributed by atoms with E-state index in [9.17, 15) is 14.9 Å². The van der Waals surface area contributed by atoms with E-state index in [1.165, 1.54) is 11.8 Å². The minimum atomic E-state index is -0.813. The fourth-order valence-electron chi connectivity index (χ4n) is 3.02. The number of fused-ring (bicyclic) bond motifs is 1. The Bertz CT molecular complexity index is 943. The van der Waals surface area contributed by atoms with Crippen molar-refractivity contribution in [2.45, 2.75) is 50.4 Å². The van der Waals surface area contributed by atoms with Crippen LogP contribution in [0.3, 0.4) is 0 Å². The molecule has 1 aliphatic rings. The highest BCUT2D eigenvalue weighted by atomic mass is 32.2. The highest BCUT2D eigenvalue weighted by molar-refractivity contribution is 7.99. The van der Waals surface area contributed by atoms with E-state index in [0.29, 0.717) is 16.1 Å². The Morgan fingerprint density at radius 2 is 2.15 bits per heavy atom. The van der Waals surface area contributed by atoms with Gasteiger partial charge < -0.3 is 5.32 Å². The maximum Gasteiger partial charge on any atom is 0.262 e. The smallest absolute Gasteiger partial charge is 0.262 e. The lowest BCUT2D eigenvalue weighted by atomic mass is 9.98. The van der Waals surface area contributed by atoms with Crippen molar-refractivity contribution >= 4 is 28.6 Å². The number of rotatable bonds is 6. The molecule has 1 fully saturated rings. The molecule has 7 heteroatoms. The van der Waals surface area contributed by atoms with E-state index in [-0.39, 0.29) is 29.2 Å². The number of hydrogen-bond acceptors (Lipinski definition) is 5. The minimum Gasteiger partial charge on any atom is -0.337 e. The van der Waals surface area contributed by atoms with E-state index in [2.05, 4.69) is 16.4 Å². The zero-order valence-electron chi connectivity index (χ0n) is 15.2. The van der Waals surface area contributed by atoms with Crippen LogP contribution in [0.2, 0.25) is 0 Å². The predicted molar refractivity (Wildman–Crippen MR) is 102 cm³/mol. The van der Waals surface area contributed by atoms with Gasteiger partial charge in [-0.25, -0.2) is 4.98 Å². The van der Waals surface area contributed by atoms with Crippen molar-refractivity contribution in [1.29, 1.82) is 5.26 Å². The van der Waals surface area contributed by atoms with Crippen LogP contribution in [-0.4, -0.2) is 26.8 Å². The van der Waals surface area contributed by atoms with Crippen molar-refractivity contribution < 1.29 is 4.79 Å². The SMILES string of the molecule is CC(C)n1c(SCC(=O)N[C@@](C)(C#N)C2CC2)nc2ccccc2c1=O. The summed E-state index contributed by atoms with van der Waals surface area (Å²) in [6.45, 7) is 5.61. The molecule has 2 aromatic rings. The Hall–Kier alpha value is -2.33. The Labute approximate surface area is 156 Å². The lowest BCUT2D eigenvalue weighted by molar-refractivity contribution is -0.119. The molecule has 1 atom stereocenters. The summed E-state index contributed by atoms with van der Waals surface area (Å²) in [4.78, 5) is 29.7. The van der Waals surface area contributed by atoms with Crippen molar-refractivity contribution in [3.8, 4) is 6.07 Å². The third kappa shape index (κ3) is 3.61. The highest BCUT2D eigenvalue weighted by Crippen LogP contribution is 2.39. The third-order valence-corrected chi connectivity index (χ3v) is 5.60. The second-order valence-electron chi connectivity index (χ2n) is 7.11. The topological polar surface area (TPSA) is 87.8 Å². The molecule has 1 aliphatic carbocycles. The van der Waals surface area contributed by atoms with Crippen LogP contribution in [0.5, 0.6) is 0 Å². The van der Waals surface area contributed by atoms with E-state index >= 15 is 0 Å². The molecule has 1 amide bonds. The number of carbonyl (C=O) groups is 1. The quantitative estimate of drug-likeness (QED) is 0.624. The molecule has 3 rings (SSSR count). The van der Waals surface area contributed by atoms with Gasteiger partial charge >= 0.3 is 0 Å². The van der Waals surface area contributed by atoms with Crippen LogP contribution in [0.25, 0.3) is 10.9 Å². The molecule has 1 saturated carbocycles. The van der Waals surface area contributed by atoms with Crippen LogP contribution in [0.1, 0.15) is 39.7 Å². The second kappa shape index (κ2) is 7.12. The van der Waals surface area contributed by atoms with Gasteiger partial charge in [0.05, 0.1) is 22.7 Å². The average Bonchev–Trinajstić information content (AvgIpc) is 3.45. The molecule has 0 bridgehead atoms. The molecule has 0 aliphatic heterocycles. The fraction of sp³-hybridized carbons (Fsp3) is 0.474. The maximum absolute atomic E-state index is 12.8. The standard InChI is InChI=1S/C19H22N4O2S/c1-12(2)23-17(25)14-6-4-5-7-15(14)21-18(23)26-10-16(24)22-19(3,11-20)13-8-9-13/h4-7,12-13H,8-10H2,1-3H3,(H,22,24)/t19-/m0/s1. The van der Waals surface area contributed by atoms with Crippen LogP contribution >= 0.6 is 11.8 Å². The minimum absolute atomic E-state index is 0.0685. The van der Waals surface area contributed by atoms with Gasteiger partial charge in [-0.3, -0.25) is 14.2 Å². The van der Waals surface area contributed by atoms with Crippen molar-refractivity contribution in [3.05, 3.63) is 34.6 Å². The monoisotopic (exact) mass is 370 g/mol. The zero-order valence-corrected chi connectivity index (χ0v) is 16.0. The third-order valence-electron chi connectivity index (χ3n) is 4.65. The number of nitrogens with one attached hydrogen (secondary N) is 1. The van der Waals surface area contributed by atoms with Crippen LogP contribution in [-0.2, 0) is 4.79 Å². The number of hydrogen-bond donors (Lipinski definition) is 1. The maximum atomic E-state index is 12.8. The predicted octanol–water partition coefficient (Wildman–Crippen LogP) is 2.88. The van der Waals surface area contributed by atoms with E-state index in [4.69, 9.17) is 0 Å². The molecule has 1 heterocycles. The summed E-state index contributed by atoms with van der Waals surface area (Å²) in [7, 11) is 0. The molecule has 1 N–H and O–H groups in total. The molecule has 26 heavy (non-hydrogen) atoms. The largest absolute Gasteiger partial charge is 0.337 e. The van der Waals surface area contributed by atoms with Crippen molar-refractivity contribution in [2.24, 2.45) is 5.92 Å². The normalized spacial score (nSPS) is 16.3. The molecule has 136 valence electrons. The number of nitrogens with zero attached hydrogens (tertiary/aromatic N) is 3. The molecule has 0 saturated heterocycles. The first kappa shape index (κ1) is 18.5. The summed E-state index contributed by atoms with van der Waals surface area (Å²) in [5, 5.41) is 13.3. The summed E-state index contributed by atoms with van der Waals surface area (Å²) in [5.41, 5.74) is -0.294. The Morgan fingerprint density at radius 1 is 1.46 bits per heavy atom. The highest BCUT2D eigenvalue weighted by Gasteiger charge is 2.42. The van der Waals surface area contributed by atoms with Crippen LogP contribution < -0.4 is 10.9 Å². The molecule has 0 spiro atoms. The first-order valence-electron chi connectivity index (χ1n) is 8.72. The van der Waals surface area contributed by atoms with E-state index in [1.807, 2.05) is 26.0 Å². The van der Waals surface area contributed by atoms with Crippen LogP contribution in [0.4, 0.5) is 0 Å². The van der Waals surface area contributed by atoms with E-state index < -0.39 is 5.54 Å². The van der Waals surface area contributed by atoms with Gasteiger partial charge in [0, 0.05) is 6.04 Å². The zero-order chi connectivity index (χ0) is 18.9. The van der Waals surface area contributed by atoms with Gasteiger partial charge in [-0.15, -0.1) is 0 Å². The van der Waals surface area contributed by atoms with Gasteiger partial charge in [-0.2, -0.15) is 5.26 Å². The summed E-state index contributed by atoms with van der Waals surface area (Å²) in [6, 6.07) is 9.36. The summed E-state index contributed by atoms with van der Waals surface area (Å²) in [5.74, 6) is 0.124. The van der Waals surface area contributed by atoms with Gasteiger partial charge in [0.25, 0.3) is 5.56 Å². The number of carbonyl (C=O) groups excluding carboxylic acids is 1. The molecule has 0 unspecified atom stereocenters. The molecule has 1 aromatic carbocycles. The summed E-state index contributed by atoms with van der Waals surface area (Å²) >= 11 is 1.23. The van der Waals surface area contributed by atoms with E-state index in [1.54, 1.807) is 23.6 Å². The molecular weight excluding hydrogens is 348 g/mol. The van der Waals surface area contributed by atoms with Crippen molar-refractivity contribution in [2.75, 3.05) is 5.75 Å². The lowest BCUT2D eigenvalue weighted by Crippen LogP contribution is -2.47. The molecular formula is C19H22N4O2S. The fourth-order valence-corrected chi connectivity index (χ4v) is 3.95. The van der Waals surface area contributed by atoms with Gasteiger partial charge in [0.1, 0.15) is 5.54 Å². The summed E-state index contributed by atoms with van der Waals surface area (Å²) < 4.78 is 1.62. The number of thioether (sulfide) groups is 1. The Kier molecular flexibility index (Phi) is 5.05. The first-order chi connectivity index (χ1) is 12.4. The van der Waals surface area contributed by atoms with Crippen LogP contribution in [0.15, 0.2) is 34.2 Å². The average molecular weight is 370 g/mol. The van der Waals surface area contributed by atoms with Crippen LogP contribution in [0, 0.1) is 17.2 Å². The van der Waals surface area contributed by atoms with Crippen molar-refractivity contribution in [3.63, 3.8) is 0 Å². The number of nitriles is 1. The molecule has 6 nitrogen and oxygen atoms in total. The summed E-state index contributed by atoms with van der Waals surface area (Å²) in [6.07, 6.45) is 1.94. The van der Waals surface area contributed by atoms with Gasteiger partial charge in [-0.05, 0) is 51.7 Å².